The summed E-state index contributed by atoms with van der Waals surface area (Å²) in [6.07, 6.45) is 2.15. The van der Waals surface area contributed by atoms with Crippen LogP contribution >= 0.6 is 11.6 Å². The Balaban J connectivity index is 3.62. The van der Waals surface area contributed by atoms with Gasteiger partial charge in [0.1, 0.15) is 0 Å². The van der Waals surface area contributed by atoms with Crippen LogP contribution in [0.25, 0.3) is 0 Å². The van der Waals surface area contributed by atoms with Crippen LogP contribution in [-0.4, -0.2) is 26.1 Å². The molecule has 0 bridgehead atoms. The van der Waals surface area contributed by atoms with Gasteiger partial charge in [-0.05, 0) is 24.6 Å². The van der Waals surface area contributed by atoms with E-state index in [0.717, 1.165) is 12.5 Å². The van der Waals surface area contributed by atoms with Crippen molar-refractivity contribution in [3.8, 4) is 0 Å². The van der Waals surface area contributed by atoms with Crippen LogP contribution in [0.4, 0.5) is 0 Å². The van der Waals surface area contributed by atoms with Crippen LogP contribution in [0.15, 0.2) is 22.2 Å². The maximum Gasteiger partial charge on any atom is 0.176 e. The van der Waals surface area contributed by atoms with Crippen molar-refractivity contribution < 1.29 is 13.6 Å². The van der Waals surface area contributed by atoms with Crippen molar-refractivity contribution in [2.24, 2.45) is 5.16 Å². The predicted molar refractivity (Wildman–Crippen MR) is 58.7 cm³/mol. The molecule has 1 aromatic rings. The van der Waals surface area contributed by atoms with E-state index in [1.54, 1.807) is 6.92 Å². The van der Waals surface area contributed by atoms with E-state index in [9.17, 15) is 8.42 Å². The van der Waals surface area contributed by atoms with Crippen molar-refractivity contribution in [3.05, 3.63) is 28.3 Å². The highest BCUT2D eigenvalue weighted by atomic mass is 35.5. The summed E-state index contributed by atoms with van der Waals surface area (Å²) < 4.78 is 22.8. The van der Waals surface area contributed by atoms with Gasteiger partial charge in [-0.1, -0.05) is 16.8 Å². The predicted octanol–water partition coefficient (Wildman–Crippen LogP) is 1.86. The van der Waals surface area contributed by atoms with Crippen molar-refractivity contribution in [1.82, 2.24) is 0 Å². The molecule has 0 unspecified atom stereocenters. The zero-order valence-corrected chi connectivity index (χ0v) is 9.80. The second-order valence-corrected chi connectivity index (χ2v) is 5.49. The smallest absolute Gasteiger partial charge is 0.176 e. The van der Waals surface area contributed by atoms with Crippen LogP contribution in [0.1, 0.15) is 11.1 Å². The molecular weight excluding hydrogens is 238 g/mol. The summed E-state index contributed by atoms with van der Waals surface area (Å²) in [5.74, 6) is 0. The van der Waals surface area contributed by atoms with E-state index in [2.05, 4.69) is 5.16 Å². The Hall–Kier alpha value is -1.07. The van der Waals surface area contributed by atoms with Gasteiger partial charge >= 0.3 is 0 Å². The Labute approximate surface area is 93.1 Å². The van der Waals surface area contributed by atoms with Gasteiger partial charge in [0.05, 0.1) is 11.1 Å². The molecule has 0 heterocycles. The Kier molecular flexibility index (Phi) is 3.36. The molecule has 0 atom stereocenters. The van der Waals surface area contributed by atoms with Gasteiger partial charge in [-0.3, -0.25) is 0 Å². The minimum absolute atomic E-state index is 0.0993. The van der Waals surface area contributed by atoms with Gasteiger partial charge in [0.2, 0.25) is 0 Å². The lowest BCUT2D eigenvalue weighted by atomic mass is 10.1. The normalized spacial score (nSPS) is 12.2. The first kappa shape index (κ1) is 12.0. The van der Waals surface area contributed by atoms with E-state index in [1.807, 2.05) is 0 Å². The maximum atomic E-state index is 11.4. The number of hydrogen-bond acceptors (Lipinski definition) is 4. The van der Waals surface area contributed by atoms with Crippen molar-refractivity contribution in [1.29, 1.82) is 0 Å². The molecule has 82 valence electrons. The summed E-state index contributed by atoms with van der Waals surface area (Å²) in [6.45, 7) is 1.66. The van der Waals surface area contributed by atoms with Crippen LogP contribution in [0, 0.1) is 6.92 Å². The molecule has 0 aliphatic heterocycles. The average Bonchev–Trinajstić information content (AvgIpc) is 2.11. The lowest BCUT2D eigenvalue weighted by molar-refractivity contribution is 0.321. The third kappa shape index (κ3) is 2.49. The summed E-state index contributed by atoms with van der Waals surface area (Å²) >= 11 is 5.83. The van der Waals surface area contributed by atoms with Gasteiger partial charge in [-0.15, -0.1) is 0 Å². The molecule has 0 fully saturated rings. The van der Waals surface area contributed by atoms with Gasteiger partial charge in [-0.25, -0.2) is 8.42 Å². The number of benzene rings is 1. The van der Waals surface area contributed by atoms with E-state index in [4.69, 9.17) is 16.8 Å². The number of oxime groups is 1. The lowest BCUT2D eigenvalue weighted by Gasteiger charge is -2.07. The van der Waals surface area contributed by atoms with E-state index in [1.165, 1.54) is 12.1 Å². The first-order chi connectivity index (χ1) is 6.88. The summed E-state index contributed by atoms with van der Waals surface area (Å²) in [5, 5.41) is 11.7. The molecule has 15 heavy (non-hydrogen) atoms. The molecule has 0 saturated heterocycles. The van der Waals surface area contributed by atoms with Gasteiger partial charge in [-0.2, -0.15) is 0 Å². The van der Waals surface area contributed by atoms with Crippen LogP contribution in [-0.2, 0) is 9.84 Å². The van der Waals surface area contributed by atoms with E-state index >= 15 is 0 Å². The first-order valence-corrected chi connectivity index (χ1v) is 6.31. The molecule has 4 nitrogen and oxygen atoms in total. The largest absolute Gasteiger partial charge is 0.411 e. The Bertz CT molecular complexity index is 508. The third-order valence-electron chi connectivity index (χ3n) is 2.00. The highest BCUT2D eigenvalue weighted by molar-refractivity contribution is 7.90. The maximum absolute atomic E-state index is 11.4. The van der Waals surface area contributed by atoms with E-state index < -0.39 is 9.84 Å². The molecule has 6 heteroatoms. The zero-order valence-electron chi connectivity index (χ0n) is 8.23. The Morgan fingerprint density at radius 3 is 2.53 bits per heavy atom. The summed E-state index contributed by atoms with van der Waals surface area (Å²) in [6, 6.07) is 2.89. The standard InChI is InChI=1S/C9H10ClNO3S/c1-6-7(5-11-12)9(15(2,13)14)4-3-8(6)10/h3-5,12H,1-2H3/b11-5-. The van der Waals surface area contributed by atoms with Crippen molar-refractivity contribution >= 4 is 27.7 Å². The van der Waals surface area contributed by atoms with Gasteiger partial charge in [0.15, 0.2) is 9.84 Å². The fourth-order valence-corrected chi connectivity index (χ4v) is 2.30. The second kappa shape index (κ2) is 4.20. The van der Waals surface area contributed by atoms with E-state index in [-0.39, 0.29) is 4.90 Å². The molecule has 1 aromatic carbocycles. The van der Waals surface area contributed by atoms with Crippen LogP contribution in [0.2, 0.25) is 5.02 Å². The van der Waals surface area contributed by atoms with Gasteiger partial charge < -0.3 is 5.21 Å². The fourth-order valence-electron chi connectivity index (χ4n) is 1.22. The summed E-state index contributed by atoms with van der Waals surface area (Å²) in [7, 11) is -3.36. The van der Waals surface area contributed by atoms with Crippen LogP contribution < -0.4 is 0 Å². The van der Waals surface area contributed by atoms with Gasteiger partial charge in [0.25, 0.3) is 0 Å². The molecule has 0 saturated carbocycles. The average molecular weight is 248 g/mol. The number of sulfone groups is 1. The topological polar surface area (TPSA) is 66.7 Å². The molecule has 1 N–H and O–H groups in total. The Morgan fingerprint density at radius 1 is 1.47 bits per heavy atom. The van der Waals surface area contributed by atoms with E-state index in [0.29, 0.717) is 16.1 Å². The Morgan fingerprint density at radius 2 is 2.07 bits per heavy atom. The van der Waals surface area contributed by atoms with Crippen molar-refractivity contribution in [3.63, 3.8) is 0 Å². The molecule has 0 aliphatic rings. The molecule has 0 aromatic heterocycles. The molecule has 0 spiro atoms. The molecule has 0 aliphatic carbocycles. The third-order valence-corrected chi connectivity index (χ3v) is 3.56. The van der Waals surface area contributed by atoms with Crippen molar-refractivity contribution in [2.45, 2.75) is 11.8 Å². The minimum atomic E-state index is -3.36. The van der Waals surface area contributed by atoms with Gasteiger partial charge in [0, 0.05) is 16.8 Å². The highest BCUT2D eigenvalue weighted by Gasteiger charge is 2.15. The molecule has 1 rings (SSSR count). The second-order valence-electron chi connectivity index (χ2n) is 3.10. The molecule has 0 amide bonds. The number of hydrogen-bond donors (Lipinski definition) is 1. The number of nitrogens with zero attached hydrogens (tertiary/aromatic N) is 1. The minimum Gasteiger partial charge on any atom is -0.411 e. The summed E-state index contributed by atoms with van der Waals surface area (Å²) in [5.41, 5.74) is 0.880. The highest BCUT2D eigenvalue weighted by Crippen LogP contribution is 2.24. The molecule has 0 radical (unpaired) electrons. The zero-order chi connectivity index (χ0) is 11.6. The lowest BCUT2D eigenvalue weighted by Crippen LogP contribution is -2.04. The van der Waals surface area contributed by atoms with Crippen molar-refractivity contribution in [2.75, 3.05) is 6.26 Å². The fraction of sp³-hybridized carbons (Fsp3) is 0.222. The summed E-state index contributed by atoms with van der Waals surface area (Å²) in [4.78, 5) is 0.0993. The van der Waals surface area contributed by atoms with Crippen LogP contribution in [0.3, 0.4) is 0 Å². The first-order valence-electron chi connectivity index (χ1n) is 4.04. The molecular formula is C9H10ClNO3S. The quantitative estimate of drug-likeness (QED) is 0.493. The monoisotopic (exact) mass is 247 g/mol. The number of halogens is 1. The SMILES string of the molecule is Cc1c(Cl)ccc(S(C)(=O)=O)c1/C=N\O. The number of rotatable bonds is 2. The van der Waals surface area contributed by atoms with Crippen LogP contribution in [0.5, 0.6) is 0 Å².